The SMILES string of the molecule is CCCc1nccc2c(CC(=O)O)cccc12. The van der Waals surface area contributed by atoms with Crippen LogP contribution in [0, 0.1) is 0 Å². The summed E-state index contributed by atoms with van der Waals surface area (Å²) in [5.74, 6) is -0.800. The predicted molar refractivity (Wildman–Crippen MR) is 67.1 cm³/mol. The number of fused-ring (bicyclic) bond motifs is 1. The van der Waals surface area contributed by atoms with Gasteiger partial charge in [0.2, 0.25) is 0 Å². The lowest BCUT2D eigenvalue weighted by Crippen LogP contribution is -2.01. The summed E-state index contributed by atoms with van der Waals surface area (Å²) in [6, 6.07) is 7.68. The van der Waals surface area contributed by atoms with Crippen molar-refractivity contribution in [2.24, 2.45) is 0 Å². The smallest absolute Gasteiger partial charge is 0.307 e. The third-order valence-electron chi connectivity index (χ3n) is 2.81. The molecule has 3 heteroatoms. The van der Waals surface area contributed by atoms with Gasteiger partial charge >= 0.3 is 5.97 Å². The van der Waals surface area contributed by atoms with Crippen LogP contribution in [0.5, 0.6) is 0 Å². The maximum atomic E-state index is 10.8. The van der Waals surface area contributed by atoms with Crippen LogP contribution in [-0.4, -0.2) is 16.1 Å². The van der Waals surface area contributed by atoms with Crippen LogP contribution in [0.3, 0.4) is 0 Å². The fraction of sp³-hybridized carbons (Fsp3) is 0.286. The van der Waals surface area contributed by atoms with Crippen molar-refractivity contribution in [3.05, 3.63) is 41.7 Å². The largest absolute Gasteiger partial charge is 0.481 e. The van der Waals surface area contributed by atoms with Crippen molar-refractivity contribution in [1.82, 2.24) is 4.98 Å². The summed E-state index contributed by atoms with van der Waals surface area (Å²) in [6.07, 6.45) is 3.79. The van der Waals surface area contributed by atoms with Crippen LogP contribution in [0.25, 0.3) is 10.8 Å². The fourth-order valence-electron chi connectivity index (χ4n) is 2.09. The first-order valence-corrected chi connectivity index (χ1v) is 5.79. The van der Waals surface area contributed by atoms with Crippen LogP contribution < -0.4 is 0 Å². The number of carboxylic acids is 1. The quantitative estimate of drug-likeness (QED) is 0.877. The van der Waals surface area contributed by atoms with Gasteiger partial charge in [0, 0.05) is 17.3 Å². The number of aromatic nitrogens is 1. The van der Waals surface area contributed by atoms with Gasteiger partial charge in [-0.1, -0.05) is 31.5 Å². The lowest BCUT2D eigenvalue weighted by Gasteiger charge is -2.07. The molecular weight excluding hydrogens is 214 g/mol. The number of hydrogen-bond donors (Lipinski definition) is 1. The van der Waals surface area contributed by atoms with E-state index < -0.39 is 5.97 Å². The monoisotopic (exact) mass is 229 g/mol. The molecule has 1 aromatic heterocycles. The van der Waals surface area contributed by atoms with Gasteiger partial charge in [-0.15, -0.1) is 0 Å². The van der Waals surface area contributed by atoms with E-state index in [1.165, 1.54) is 0 Å². The highest BCUT2D eigenvalue weighted by atomic mass is 16.4. The maximum absolute atomic E-state index is 10.8. The highest BCUT2D eigenvalue weighted by Gasteiger charge is 2.07. The van der Waals surface area contributed by atoms with E-state index in [1.807, 2.05) is 24.3 Å². The van der Waals surface area contributed by atoms with Gasteiger partial charge < -0.3 is 5.11 Å². The summed E-state index contributed by atoms with van der Waals surface area (Å²) < 4.78 is 0. The molecule has 2 rings (SSSR count). The lowest BCUT2D eigenvalue weighted by atomic mass is 10.0. The molecule has 0 fully saturated rings. The molecule has 3 nitrogen and oxygen atoms in total. The molecule has 17 heavy (non-hydrogen) atoms. The van der Waals surface area contributed by atoms with Crippen molar-refractivity contribution < 1.29 is 9.90 Å². The Morgan fingerprint density at radius 3 is 2.82 bits per heavy atom. The molecule has 0 unspecified atom stereocenters. The number of aryl methyl sites for hydroxylation is 1. The minimum Gasteiger partial charge on any atom is -0.481 e. The summed E-state index contributed by atoms with van der Waals surface area (Å²) in [7, 11) is 0. The number of pyridine rings is 1. The summed E-state index contributed by atoms with van der Waals surface area (Å²) in [5, 5.41) is 11.0. The Balaban J connectivity index is 2.57. The molecule has 0 saturated carbocycles. The molecule has 88 valence electrons. The number of carbonyl (C=O) groups is 1. The van der Waals surface area contributed by atoms with Crippen molar-refractivity contribution in [2.75, 3.05) is 0 Å². The van der Waals surface area contributed by atoms with E-state index >= 15 is 0 Å². The van der Waals surface area contributed by atoms with Crippen molar-refractivity contribution in [3.63, 3.8) is 0 Å². The third-order valence-corrected chi connectivity index (χ3v) is 2.81. The molecule has 1 aromatic carbocycles. The van der Waals surface area contributed by atoms with Gasteiger partial charge in [-0.2, -0.15) is 0 Å². The number of hydrogen-bond acceptors (Lipinski definition) is 2. The van der Waals surface area contributed by atoms with Crippen LogP contribution >= 0.6 is 0 Å². The van der Waals surface area contributed by atoms with E-state index in [0.717, 1.165) is 34.9 Å². The minimum atomic E-state index is -0.800. The number of benzene rings is 1. The summed E-state index contributed by atoms with van der Waals surface area (Å²) >= 11 is 0. The molecule has 1 N–H and O–H groups in total. The zero-order valence-electron chi connectivity index (χ0n) is 9.81. The van der Waals surface area contributed by atoms with Gasteiger partial charge in [0.15, 0.2) is 0 Å². The van der Waals surface area contributed by atoms with Gasteiger partial charge in [-0.25, -0.2) is 0 Å². The predicted octanol–water partition coefficient (Wildman–Crippen LogP) is 2.81. The number of aliphatic carboxylic acids is 1. The lowest BCUT2D eigenvalue weighted by molar-refractivity contribution is -0.136. The Bertz CT molecular complexity index is 549. The van der Waals surface area contributed by atoms with Crippen LogP contribution in [0.1, 0.15) is 24.6 Å². The topological polar surface area (TPSA) is 50.2 Å². The molecule has 0 amide bonds. The molecule has 0 spiro atoms. The average Bonchev–Trinajstić information content (AvgIpc) is 2.30. The van der Waals surface area contributed by atoms with E-state index in [0.29, 0.717) is 0 Å². The van der Waals surface area contributed by atoms with E-state index in [-0.39, 0.29) is 6.42 Å². The zero-order chi connectivity index (χ0) is 12.3. The number of nitrogens with zero attached hydrogens (tertiary/aromatic N) is 1. The number of rotatable bonds is 4. The normalized spacial score (nSPS) is 10.6. The first kappa shape index (κ1) is 11.6. The Morgan fingerprint density at radius 2 is 2.12 bits per heavy atom. The molecule has 0 radical (unpaired) electrons. The summed E-state index contributed by atoms with van der Waals surface area (Å²) in [6.45, 7) is 2.11. The molecule has 0 aliphatic rings. The van der Waals surface area contributed by atoms with E-state index in [2.05, 4.69) is 11.9 Å². The van der Waals surface area contributed by atoms with Crippen LogP contribution in [-0.2, 0) is 17.6 Å². The highest BCUT2D eigenvalue weighted by Crippen LogP contribution is 2.22. The molecule has 2 aromatic rings. The molecule has 0 saturated heterocycles. The summed E-state index contributed by atoms with van der Waals surface area (Å²) in [4.78, 5) is 15.2. The molecule has 0 aliphatic carbocycles. The Hall–Kier alpha value is -1.90. The Kier molecular flexibility index (Phi) is 3.38. The Morgan fingerprint density at radius 1 is 1.29 bits per heavy atom. The summed E-state index contributed by atoms with van der Waals surface area (Å²) in [5.41, 5.74) is 1.91. The van der Waals surface area contributed by atoms with Gasteiger partial charge in [0.25, 0.3) is 0 Å². The van der Waals surface area contributed by atoms with E-state index in [4.69, 9.17) is 5.11 Å². The molecule has 0 atom stereocenters. The first-order valence-electron chi connectivity index (χ1n) is 5.79. The standard InChI is InChI=1S/C14H15NO2/c1-2-4-13-12-6-3-5-10(9-14(16)17)11(12)7-8-15-13/h3,5-8H,2,4,9H2,1H3,(H,16,17). The second-order valence-corrected chi connectivity index (χ2v) is 4.09. The van der Waals surface area contributed by atoms with Crippen LogP contribution in [0.15, 0.2) is 30.5 Å². The van der Waals surface area contributed by atoms with Crippen molar-refractivity contribution in [3.8, 4) is 0 Å². The average molecular weight is 229 g/mol. The van der Waals surface area contributed by atoms with Gasteiger partial charge in [0.05, 0.1) is 6.42 Å². The zero-order valence-corrected chi connectivity index (χ0v) is 9.81. The van der Waals surface area contributed by atoms with Crippen molar-refractivity contribution in [2.45, 2.75) is 26.2 Å². The third kappa shape index (κ3) is 2.44. The molecular formula is C14H15NO2. The van der Waals surface area contributed by atoms with E-state index in [9.17, 15) is 4.79 Å². The second-order valence-electron chi connectivity index (χ2n) is 4.09. The molecule has 0 aliphatic heterocycles. The van der Waals surface area contributed by atoms with Crippen LogP contribution in [0.4, 0.5) is 0 Å². The molecule has 0 bridgehead atoms. The number of carboxylic acid groups (broad SMARTS) is 1. The van der Waals surface area contributed by atoms with Gasteiger partial charge in [0.1, 0.15) is 0 Å². The Labute approximate surface area is 100 Å². The van der Waals surface area contributed by atoms with Crippen molar-refractivity contribution in [1.29, 1.82) is 0 Å². The molecule has 1 heterocycles. The highest BCUT2D eigenvalue weighted by molar-refractivity contribution is 5.90. The second kappa shape index (κ2) is 4.95. The maximum Gasteiger partial charge on any atom is 0.307 e. The first-order chi connectivity index (χ1) is 8.22. The van der Waals surface area contributed by atoms with Crippen molar-refractivity contribution >= 4 is 16.7 Å². The van der Waals surface area contributed by atoms with Gasteiger partial charge in [-0.05, 0) is 23.4 Å². The minimum absolute atomic E-state index is 0.0624. The fourth-order valence-corrected chi connectivity index (χ4v) is 2.09. The van der Waals surface area contributed by atoms with Gasteiger partial charge in [-0.3, -0.25) is 9.78 Å². The van der Waals surface area contributed by atoms with Crippen LogP contribution in [0.2, 0.25) is 0 Å². The van der Waals surface area contributed by atoms with E-state index in [1.54, 1.807) is 6.20 Å².